The number of aliphatic hydroxyl groups excluding tert-OH is 1. The maximum absolute atomic E-state index is 8.97. The molecule has 0 saturated carbocycles. The van der Waals surface area contributed by atoms with Crippen LogP contribution in [-0.4, -0.2) is 40.4 Å². The Bertz CT molecular complexity index is 585. The van der Waals surface area contributed by atoms with E-state index in [9.17, 15) is 0 Å². The van der Waals surface area contributed by atoms with Gasteiger partial charge in [0.05, 0.1) is 19.4 Å². The molecule has 2 N–H and O–H groups in total. The van der Waals surface area contributed by atoms with Crippen LogP contribution in [0.5, 0.6) is 5.75 Å². The van der Waals surface area contributed by atoms with E-state index < -0.39 is 0 Å². The van der Waals surface area contributed by atoms with Gasteiger partial charge in [0.1, 0.15) is 11.8 Å². The van der Waals surface area contributed by atoms with Crippen LogP contribution in [0.15, 0.2) is 24.3 Å². The topological polar surface area (TPSA) is 96.0 Å². The van der Waals surface area contributed by atoms with Gasteiger partial charge in [0.2, 0.25) is 5.69 Å². The highest BCUT2D eigenvalue weighted by Crippen LogP contribution is 2.16. The lowest BCUT2D eigenvalue weighted by atomic mass is 10.3. The van der Waals surface area contributed by atoms with Gasteiger partial charge >= 0.3 is 0 Å². The number of anilines is 1. The first-order chi connectivity index (χ1) is 9.28. The summed E-state index contributed by atoms with van der Waals surface area (Å²) in [6.07, 6.45) is 0. The Hall–Kier alpha value is -2.59. The fraction of sp³-hybridized carbons (Fsp3) is 0.250. The molecule has 7 nitrogen and oxygen atoms in total. The molecule has 2 rings (SSSR count). The number of rotatable bonds is 5. The quantitative estimate of drug-likeness (QED) is 0.814. The van der Waals surface area contributed by atoms with E-state index in [0.29, 0.717) is 18.1 Å². The summed E-state index contributed by atoms with van der Waals surface area (Å²) in [7, 11) is 1.59. The Balaban J connectivity index is 2.29. The zero-order chi connectivity index (χ0) is 13.7. The third kappa shape index (κ3) is 2.81. The second-order valence-electron chi connectivity index (χ2n) is 3.65. The first-order valence-electron chi connectivity index (χ1n) is 5.65. The fourth-order valence-corrected chi connectivity index (χ4v) is 1.51. The summed E-state index contributed by atoms with van der Waals surface area (Å²) in [5.41, 5.74) is 0.901. The molecular weight excluding hydrogens is 246 g/mol. The van der Waals surface area contributed by atoms with Crippen molar-refractivity contribution < 1.29 is 9.84 Å². The molecule has 1 aromatic heterocycles. The second kappa shape index (κ2) is 5.84. The Morgan fingerprint density at radius 2 is 2.11 bits per heavy atom. The van der Waals surface area contributed by atoms with E-state index in [1.54, 1.807) is 31.4 Å². The van der Waals surface area contributed by atoms with E-state index in [1.165, 1.54) is 4.80 Å². The molecule has 0 aliphatic heterocycles. The molecule has 1 aromatic carbocycles. The van der Waals surface area contributed by atoms with Crippen LogP contribution in [0.25, 0.3) is 5.69 Å². The summed E-state index contributed by atoms with van der Waals surface area (Å²) in [5, 5.41) is 28.8. The van der Waals surface area contributed by atoms with Crippen molar-refractivity contribution in [2.24, 2.45) is 0 Å². The molecule has 0 amide bonds. The number of hydrogen-bond acceptors (Lipinski definition) is 6. The van der Waals surface area contributed by atoms with E-state index in [2.05, 4.69) is 15.5 Å². The van der Waals surface area contributed by atoms with Crippen molar-refractivity contribution in [3.05, 3.63) is 30.0 Å². The van der Waals surface area contributed by atoms with Crippen molar-refractivity contribution in [1.82, 2.24) is 15.0 Å². The number of nitriles is 1. The summed E-state index contributed by atoms with van der Waals surface area (Å²) in [4.78, 5) is 1.36. The average molecular weight is 259 g/mol. The van der Waals surface area contributed by atoms with Gasteiger partial charge in [-0.3, -0.25) is 0 Å². The molecule has 0 bridgehead atoms. The van der Waals surface area contributed by atoms with Crippen molar-refractivity contribution in [2.75, 3.05) is 25.6 Å². The number of aromatic nitrogens is 3. The van der Waals surface area contributed by atoms with Crippen LogP contribution in [0.4, 0.5) is 5.82 Å². The smallest absolute Gasteiger partial charge is 0.207 e. The van der Waals surface area contributed by atoms with Gasteiger partial charge in [0.15, 0.2) is 5.82 Å². The standard InChI is InChI=1S/C12H13N5O2/c1-19-10-4-2-9(3-5-10)17-15-11(8-13)12(16-17)14-6-7-18/h2-5,18H,6-7H2,1H3,(H,14,16). The molecular formula is C12H13N5O2. The third-order valence-electron chi connectivity index (χ3n) is 2.43. The van der Waals surface area contributed by atoms with Crippen LogP contribution in [0.3, 0.4) is 0 Å². The molecule has 98 valence electrons. The molecule has 0 aliphatic carbocycles. The van der Waals surface area contributed by atoms with E-state index >= 15 is 0 Å². The van der Waals surface area contributed by atoms with Crippen molar-refractivity contribution in [3.8, 4) is 17.5 Å². The van der Waals surface area contributed by atoms with Crippen molar-refractivity contribution in [1.29, 1.82) is 5.26 Å². The van der Waals surface area contributed by atoms with Crippen LogP contribution in [0.1, 0.15) is 5.69 Å². The normalized spacial score (nSPS) is 9.95. The Morgan fingerprint density at radius 1 is 1.37 bits per heavy atom. The second-order valence-corrected chi connectivity index (χ2v) is 3.65. The summed E-state index contributed by atoms with van der Waals surface area (Å²) < 4.78 is 5.07. The minimum absolute atomic E-state index is 0.0414. The largest absolute Gasteiger partial charge is 0.497 e. The lowest BCUT2D eigenvalue weighted by molar-refractivity contribution is 0.311. The number of benzene rings is 1. The Labute approximate surface area is 110 Å². The number of hydrogen-bond donors (Lipinski definition) is 2. The van der Waals surface area contributed by atoms with Crippen LogP contribution >= 0.6 is 0 Å². The van der Waals surface area contributed by atoms with E-state index in [-0.39, 0.29) is 12.3 Å². The molecule has 0 radical (unpaired) electrons. The van der Waals surface area contributed by atoms with Gasteiger partial charge in [0.25, 0.3) is 0 Å². The summed E-state index contributed by atoms with van der Waals surface area (Å²) in [6.45, 7) is 0.274. The molecule has 19 heavy (non-hydrogen) atoms. The van der Waals surface area contributed by atoms with Crippen LogP contribution in [0, 0.1) is 11.3 Å². The number of nitrogens with one attached hydrogen (secondary N) is 1. The van der Waals surface area contributed by atoms with Gasteiger partial charge in [-0.05, 0) is 24.3 Å². The zero-order valence-corrected chi connectivity index (χ0v) is 10.4. The van der Waals surface area contributed by atoms with Crippen molar-refractivity contribution in [2.45, 2.75) is 0 Å². The van der Waals surface area contributed by atoms with E-state index in [1.807, 2.05) is 6.07 Å². The molecule has 0 atom stereocenters. The summed E-state index contributed by atoms with van der Waals surface area (Å²) >= 11 is 0. The van der Waals surface area contributed by atoms with Crippen LogP contribution in [0.2, 0.25) is 0 Å². The molecule has 0 aliphatic rings. The van der Waals surface area contributed by atoms with Gasteiger partial charge in [-0.2, -0.15) is 5.26 Å². The van der Waals surface area contributed by atoms with Crippen LogP contribution in [-0.2, 0) is 0 Å². The highest BCUT2D eigenvalue weighted by Gasteiger charge is 2.11. The zero-order valence-electron chi connectivity index (χ0n) is 10.4. The highest BCUT2D eigenvalue weighted by atomic mass is 16.5. The lowest BCUT2D eigenvalue weighted by Gasteiger charge is -2.02. The maximum Gasteiger partial charge on any atom is 0.207 e. The summed E-state index contributed by atoms with van der Waals surface area (Å²) in [6, 6.07) is 9.10. The number of nitrogens with zero attached hydrogens (tertiary/aromatic N) is 4. The van der Waals surface area contributed by atoms with Crippen molar-refractivity contribution >= 4 is 5.82 Å². The van der Waals surface area contributed by atoms with E-state index in [0.717, 1.165) is 5.75 Å². The third-order valence-corrected chi connectivity index (χ3v) is 2.43. The van der Waals surface area contributed by atoms with Gasteiger partial charge in [-0.1, -0.05) is 0 Å². The molecule has 0 saturated heterocycles. The molecule has 0 fully saturated rings. The molecule has 2 aromatic rings. The highest BCUT2D eigenvalue weighted by molar-refractivity contribution is 5.48. The molecule has 0 spiro atoms. The molecule has 0 unspecified atom stereocenters. The maximum atomic E-state index is 8.97. The Kier molecular flexibility index (Phi) is 3.95. The Morgan fingerprint density at radius 3 is 2.68 bits per heavy atom. The number of ether oxygens (including phenoxy) is 1. The van der Waals surface area contributed by atoms with Crippen molar-refractivity contribution in [3.63, 3.8) is 0 Å². The average Bonchev–Trinajstić information content (AvgIpc) is 2.88. The van der Waals surface area contributed by atoms with Gasteiger partial charge in [-0.15, -0.1) is 15.0 Å². The predicted molar refractivity (Wildman–Crippen MR) is 68.2 cm³/mol. The van der Waals surface area contributed by atoms with Gasteiger partial charge in [-0.25, -0.2) is 0 Å². The number of aliphatic hydroxyl groups is 1. The van der Waals surface area contributed by atoms with Gasteiger partial charge < -0.3 is 15.2 Å². The minimum atomic E-state index is -0.0414. The first-order valence-corrected chi connectivity index (χ1v) is 5.65. The predicted octanol–water partition coefficient (Wildman–Crippen LogP) is 0.552. The summed E-state index contributed by atoms with van der Waals surface area (Å²) in [5.74, 6) is 1.09. The van der Waals surface area contributed by atoms with Crippen LogP contribution < -0.4 is 10.1 Å². The SMILES string of the molecule is COc1ccc(-n2nc(C#N)c(NCCO)n2)cc1. The molecule has 7 heteroatoms. The minimum Gasteiger partial charge on any atom is -0.497 e. The lowest BCUT2D eigenvalue weighted by Crippen LogP contribution is -2.07. The fourth-order valence-electron chi connectivity index (χ4n) is 1.51. The molecule has 1 heterocycles. The van der Waals surface area contributed by atoms with E-state index in [4.69, 9.17) is 15.1 Å². The number of methoxy groups -OCH3 is 1. The van der Waals surface area contributed by atoms with Gasteiger partial charge in [0, 0.05) is 6.54 Å². The monoisotopic (exact) mass is 259 g/mol. The first kappa shape index (κ1) is 12.9.